The lowest BCUT2D eigenvalue weighted by Crippen LogP contribution is -2.00. The third-order valence-electron chi connectivity index (χ3n) is 5.00. The summed E-state index contributed by atoms with van der Waals surface area (Å²) in [5, 5.41) is 1.09. The van der Waals surface area contributed by atoms with Crippen molar-refractivity contribution in [1.29, 1.82) is 0 Å². The Hall–Kier alpha value is -1.44. The molecule has 0 amide bonds. The Morgan fingerprint density at radius 1 is 1.04 bits per heavy atom. The molecule has 3 aromatic rings. The van der Waals surface area contributed by atoms with Crippen LogP contribution in [0.2, 0.25) is 0 Å². The molecule has 0 bridgehead atoms. The lowest BCUT2D eigenvalue weighted by Gasteiger charge is -2.15. The molecule has 0 saturated carbocycles. The molecule has 5 rings (SSSR count). The van der Waals surface area contributed by atoms with Gasteiger partial charge in [0.1, 0.15) is 11.2 Å². The van der Waals surface area contributed by atoms with Crippen LogP contribution in [0, 0.1) is 0 Å². The molecular weight excluding hydrogens is 396 g/mol. The summed E-state index contributed by atoms with van der Waals surface area (Å²) in [6.45, 7) is 0. The van der Waals surface area contributed by atoms with Crippen LogP contribution in [-0.2, 0) is 12.8 Å². The number of rotatable bonds is 4. The molecule has 1 aliphatic carbocycles. The Bertz CT molecular complexity index is 983. The first-order valence-corrected chi connectivity index (χ1v) is 12.1. The van der Waals surface area contributed by atoms with Gasteiger partial charge in [0.25, 0.3) is 0 Å². The zero-order valence-electron chi connectivity index (χ0n) is 15.1. The van der Waals surface area contributed by atoms with Gasteiger partial charge in [-0.3, -0.25) is 0 Å². The van der Waals surface area contributed by atoms with Crippen molar-refractivity contribution in [2.45, 2.75) is 30.3 Å². The Balaban J connectivity index is 1.52. The predicted molar refractivity (Wildman–Crippen MR) is 115 cm³/mol. The third-order valence-corrected chi connectivity index (χ3v) is 9.31. The van der Waals surface area contributed by atoms with E-state index in [1.165, 1.54) is 40.4 Å². The highest BCUT2D eigenvalue weighted by molar-refractivity contribution is 8.19. The maximum atomic E-state index is 6.27. The average Bonchev–Trinajstić information content (AvgIpc) is 3.36. The molecule has 140 valence electrons. The van der Waals surface area contributed by atoms with Gasteiger partial charge in [0, 0.05) is 16.4 Å². The van der Waals surface area contributed by atoms with Crippen molar-refractivity contribution < 1.29 is 9.47 Å². The van der Waals surface area contributed by atoms with Gasteiger partial charge in [-0.05, 0) is 48.9 Å². The molecule has 0 unspecified atom stereocenters. The third kappa shape index (κ3) is 3.30. The average molecular weight is 417 g/mol. The fraction of sp³-hybridized carbons (Fsp3) is 0.400. The minimum Gasteiger partial charge on any atom is -0.493 e. The fourth-order valence-electron chi connectivity index (χ4n) is 3.71. The number of thioether (sulfide) groups is 2. The van der Waals surface area contributed by atoms with Crippen molar-refractivity contribution in [3.8, 4) is 17.4 Å². The second kappa shape index (κ2) is 7.53. The normalized spacial score (nSPS) is 17.2. The van der Waals surface area contributed by atoms with E-state index in [1.54, 1.807) is 24.8 Å². The van der Waals surface area contributed by atoms with Crippen LogP contribution in [0.3, 0.4) is 0 Å². The maximum absolute atomic E-state index is 6.27. The molecule has 1 aromatic carbocycles. The smallest absolute Gasteiger partial charge is 0.231 e. The molecule has 7 heteroatoms. The van der Waals surface area contributed by atoms with Gasteiger partial charge in [-0.15, -0.1) is 34.9 Å². The van der Waals surface area contributed by atoms with Crippen LogP contribution in [0.25, 0.3) is 10.2 Å². The summed E-state index contributed by atoms with van der Waals surface area (Å²) in [7, 11) is 1.70. The highest BCUT2D eigenvalue weighted by Crippen LogP contribution is 2.48. The lowest BCUT2D eigenvalue weighted by atomic mass is 9.97. The number of benzene rings is 1. The number of hydrogen-bond donors (Lipinski definition) is 0. The molecule has 0 spiro atoms. The second-order valence-corrected chi connectivity index (χ2v) is 10.5. The van der Waals surface area contributed by atoms with Gasteiger partial charge in [0.2, 0.25) is 5.88 Å². The Morgan fingerprint density at radius 3 is 2.74 bits per heavy atom. The molecule has 4 nitrogen and oxygen atoms in total. The number of thiophene rings is 1. The zero-order valence-corrected chi connectivity index (χ0v) is 17.5. The summed E-state index contributed by atoms with van der Waals surface area (Å²) in [5.74, 6) is 4.53. The first kappa shape index (κ1) is 17.6. The molecule has 3 heterocycles. The second-order valence-electron chi connectivity index (χ2n) is 6.66. The van der Waals surface area contributed by atoms with Crippen molar-refractivity contribution in [2.75, 3.05) is 18.6 Å². The summed E-state index contributed by atoms with van der Waals surface area (Å²) < 4.78 is 12.4. The lowest BCUT2D eigenvalue weighted by molar-refractivity contribution is 0.375. The summed E-state index contributed by atoms with van der Waals surface area (Å²) >= 11 is 5.77. The summed E-state index contributed by atoms with van der Waals surface area (Å²) in [6.07, 6.45) is 6.32. The van der Waals surface area contributed by atoms with E-state index < -0.39 is 0 Å². The van der Waals surface area contributed by atoms with Gasteiger partial charge < -0.3 is 9.47 Å². The molecule has 2 aliphatic rings. The molecule has 0 N–H and O–H groups in total. The minimum atomic E-state index is 0.489. The predicted octanol–water partition coefficient (Wildman–Crippen LogP) is 5.85. The number of fused-ring (bicyclic) bond motifs is 3. The fourth-order valence-corrected chi connectivity index (χ4v) is 7.77. The maximum Gasteiger partial charge on any atom is 0.231 e. The van der Waals surface area contributed by atoms with Gasteiger partial charge in [-0.2, -0.15) is 0 Å². The summed E-state index contributed by atoms with van der Waals surface area (Å²) in [4.78, 5) is 11.4. The van der Waals surface area contributed by atoms with Crippen LogP contribution in [0.1, 0.15) is 33.4 Å². The zero-order chi connectivity index (χ0) is 18.2. The van der Waals surface area contributed by atoms with E-state index in [9.17, 15) is 0 Å². The van der Waals surface area contributed by atoms with Gasteiger partial charge in [-0.25, -0.2) is 9.97 Å². The monoisotopic (exact) mass is 416 g/mol. The van der Waals surface area contributed by atoms with Gasteiger partial charge in [0.05, 0.1) is 17.1 Å². The van der Waals surface area contributed by atoms with E-state index in [-0.39, 0.29) is 0 Å². The molecule has 1 aliphatic heterocycles. The van der Waals surface area contributed by atoms with Crippen LogP contribution in [0.5, 0.6) is 17.4 Å². The number of aromatic nitrogens is 2. The quantitative estimate of drug-likeness (QED) is 0.531. The van der Waals surface area contributed by atoms with Crippen LogP contribution in [-0.4, -0.2) is 28.6 Å². The highest BCUT2D eigenvalue weighted by Gasteiger charge is 2.23. The summed E-state index contributed by atoms with van der Waals surface area (Å²) in [6, 6.07) is 6.27. The minimum absolute atomic E-state index is 0.489. The van der Waals surface area contributed by atoms with Crippen molar-refractivity contribution >= 4 is 45.1 Å². The highest BCUT2D eigenvalue weighted by atomic mass is 32.2. The molecule has 2 aromatic heterocycles. The molecular formula is C20H20N2O2S3. The Kier molecular flexibility index (Phi) is 4.92. The van der Waals surface area contributed by atoms with E-state index in [2.05, 4.69) is 22.1 Å². The first-order valence-electron chi connectivity index (χ1n) is 9.18. The molecule has 0 radical (unpaired) electrons. The van der Waals surface area contributed by atoms with Crippen molar-refractivity contribution in [3.63, 3.8) is 0 Å². The topological polar surface area (TPSA) is 44.2 Å². The molecule has 1 saturated heterocycles. The number of nitrogens with zero attached hydrogens (tertiary/aromatic N) is 2. The Labute approximate surface area is 171 Å². The first-order chi connectivity index (χ1) is 13.3. The standard InChI is InChI=1S/C20H20N2O2S3/c1-23-15-10-12(20-25-8-9-26-20)6-7-14(15)24-18-17-13-4-2-3-5-16(13)27-19(17)22-11-21-18/h6-7,10-11,20H,2-5,8-9H2,1H3. The molecule has 27 heavy (non-hydrogen) atoms. The summed E-state index contributed by atoms with van der Waals surface area (Å²) in [5.41, 5.74) is 2.67. The van der Waals surface area contributed by atoms with E-state index in [0.29, 0.717) is 16.2 Å². The van der Waals surface area contributed by atoms with E-state index in [4.69, 9.17) is 9.47 Å². The van der Waals surface area contributed by atoms with Crippen molar-refractivity contribution in [2.24, 2.45) is 0 Å². The van der Waals surface area contributed by atoms with E-state index in [1.807, 2.05) is 29.6 Å². The number of ether oxygens (including phenoxy) is 2. The van der Waals surface area contributed by atoms with Crippen LogP contribution in [0.4, 0.5) is 0 Å². The van der Waals surface area contributed by atoms with Crippen molar-refractivity contribution in [3.05, 3.63) is 40.5 Å². The largest absolute Gasteiger partial charge is 0.493 e. The Morgan fingerprint density at radius 2 is 1.89 bits per heavy atom. The van der Waals surface area contributed by atoms with Crippen LogP contribution >= 0.6 is 34.9 Å². The van der Waals surface area contributed by atoms with Crippen LogP contribution in [0.15, 0.2) is 24.5 Å². The van der Waals surface area contributed by atoms with E-state index >= 15 is 0 Å². The molecule has 1 fully saturated rings. The van der Waals surface area contributed by atoms with E-state index in [0.717, 1.165) is 28.8 Å². The van der Waals surface area contributed by atoms with Gasteiger partial charge >= 0.3 is 0 Å². The van der Waals surface area contributed by atoms with Gasteiger partial charge in [0.15, 0.2) is 11.5 Å². The van der Waals surface area contributed by atoms with Crippen molar-refractivity contribution in [1.82, 2.24) is 9.97 Å². The number of aryl methyl sites for hydroxylation is 2. The SMILES string of the molecule is COc1cc(C2SCCS2)ccc1Oc1ncnc2sc3c(c12)CCCC3. The van der Waals surface area contributed by atoms with Crippen LogP contribution < -0.4 is 9.47 Å². The number of hydrogen-bond acceptors (Lipinski definition) is 7. The number of methoxy groups -OCH3 is 1. The van der Waals surface area contributed by atoms with Gasteiger partial charge in [-0.1, -0.05) is 6.07 Å². The molecule has 0 atom stereocenters.